The molecule has 1 atom stereocenters. The number of hydrogen-bond acceptors (Lipinski definition) is 6. The molecule has 0 aliphatic carbocycles. The summed E-state index contributed by atoms with van der Waals surface area (Å²) in [5, 5.41) is 3.18. The molecule has 1 unspecified atom stereocenters. The number of pyridine rings is 1. The summed E-state index contributed by atoms with van der Waals surface area (Å²) in [6.07, 6.45) is 7.17. The summed E-state index contributed by atoms with van der Waals surface area (Å²) in [5.74, 6) is 0. The van der Waals surface area contributed by atoms with Crippen LogP contribution in [0.25, 0.3) is 0 Å². The van der Waals surface area contributed by atoms with Crippen LogP contribution in [0.15, 0.2) is 29.9 Å². The molecule has 2 aromatic heterocycles. The largest absolute Gasteiger partial charge is 0.372 e. The molecule has 0 aromatic carbocycles. The second-order valence-electron chi connectivity index (χ2n) is 7.13. The van der Waals surface area contributed by atoms with Gasteiger partial charge in [-0.25, -0.2) is 4.98 Å². The molecule has 0 bridgehead atoms. The lowest BCUT2D eigenvalue weighted by Gasteiger charge is -2.38. The van der Waals surface area contributed by atoms with Gasteiger partial charge in [0.2, 0.25) is 0 Å². The lowest BCUT2D eigenvalue weighted by atomic mass is 9.88. The normalized spacial score (nSPS) is 23.3. The third kappa shape index (κ3) is 4.26. The number of hydrogen-bond donors (Lipinski definition) is 0. The van der Waals surface area contributed by atoms with E-state index < -0.39 is 0 Å². The highest BCUT2D eigenvalue weighted by molar-refractivity contribution is 7.09. The van der Waals surface area contributed by atoms with Crippen molar-refractivity contribution in [1.29, 1.82) is 0 Å². The van der Waals surface area contributed by atoms with Crippen LogP contribution in [0.4, 0.5) is 0 Å². The van der Waals surface area contributed by atoms with Crippen LogP contribution in [0, 0.1) is 6.92 Å². The highest BCUT2D eigenvalue weighted by atomic mass is 32.1. The van der Waals surface area contributed by atoms with Gasteiger partial charge in [-0.1, -0.05) is 6.07 Å². The lowest BCUT2D eigenvalue weighted by Crippen LogP contribution is -2.43. The standard InChI is InChI=1S/C19H25N3O2S/c1-15-21-17(14-25-15)12-23-18-9-19(24-13-18)4-7-22(8-5-19)11-16-3-2-6-20-10-16/h2-3,6,10,14,18H,4-5,7-9,11-13H2,1H3. The van der Waals surface area contributed by atoms with E-state index in [9.17, 15) is 0 Å². The van der Waals surface area contributed by atoms with Gasteiger partial charge >= 0.3 is 0 Å². The first kappa shape index (κ1) is 17.1. The molecule has 4 rings (SSSR count). The van der Waals surface area contributed by atoms with Crippen molar-refractivity contribution in [3.8, 4) is 0 Å². The number of rotatable bonds is 5. The number of thiazole rings is 1. The maximum Gasteiger partial charge on any atom is 0.0901 e. The number of aryl methyl sites for hydroxylation is 1. The third-order valence-electron chi connectivity index (χ3n) is 5.20. The Balaban J connectivity index is 1.24. The quantitative estimate of drug-likeness (QED) is 0.820. The molecule has 25 heavy (non-hydrogen) atoms. The summed E-state index contributed by atoms with van der Waals surface area (Å²) in [7, 11) is 0. The number of piperidine rings is 1. The molecule has 2 saturated heterocycles. The van der Waals surface area contributed by atoms with E-state index in [0.717, 1.165) is 49.6 Å². The summed E-state index contributed by atoms with van der Waals surface area (Å²) < 4.78 is 12.3. The molecule has 0 radical (unpaired) electrons. The van der Waals surface area contributed by atoms with Crippen molar-refractivity contribution in [1.82, 2.24) is 14.9 Å². The molecule has 6 heteroatoms. The molecule has 2 aliphatic heterocycles. The van der Waals surface area contributed by atoms with Gasteiger partial charge in [0.15, 0.2) is 0 Å². The highest BCUT2D eigenvalue weighted by Crippen LogP contribution is 2.37. The Morgan fingerprint density at radius 1 is 1.40 bits per heavy atom. The minimum atomic E-state index is 0.0219. The Morgan fingerprint density at radius 2 is 2.28 bits per heavy atom. The zero-order chi connectivity index (χ0) is 17.1. The molecule has 2 aliphatic rings. The minimum absolute atomic E-state index is 0.0219. The Morgan fingerprint density at radius 3 is 3.00 bits per heavy atom. The van der Waals surface area contributed by atoms with Crippen LogP contribution >= 0.6 is 11.3 Å². The second kappa shape index (κ2) is 7.50. The number of likely N-dealkylation sites (tertiary alicyclic amines) is 1. The van der Waals surface area contributed by atoms with E-state index in [0.29, 0.717) is 13.2 Å². The van der Waals surface area contributed by atoms with Gasteiger partial charge < -0.3 is 9.47 Å². The molecule has 0 amide bonds. The number of ether oxygens (including phenoxy) is 2. The Kier molecular flexibility index (Phi) is 5.12. The van der Waals surface area contributed by atoms with Gasteiger partial charge in [0.05, 0.1) is 35.6 Å². The van der Waals surface area contributed by atoms with Crippen LogP contribution < -0.4 is 0 Å². The number of nitrogens with zero attached hydrogens (tertiary/aromatic N) is 3. The summed E-state index contributed by atoms with van der Waals surface area (Å²) >= 11 is 1.68. The first-order valence-electron chi connectivity index (χ1n) is 8.99. The van der Waals surface area contributed by atoms with E-state index >= 15 is 0 Å². The van der Waals surface area contributed by atoms with E-state index in [1.54, 1.807) is 11.3 Å². The minimum Gasteiger partial charge on any atom is -0.372 e. The van der Waals surface area contributed by atoms with Crippen LogP contribution in [-0.2, 0) is 22.6 Å². The summed E-state index contributed by atoms with van der Waals surface area (Å²) in [6.45, 7) is 6.47. The van der Waals surface area contributed by atoms with Gasteiger partial charge in [0.1, 0.15) is 0 Å². The number of aromatic nitrogens is 2. The van der Waals surface area contributed by atoms with E-state index in [4.69, 9.17) is 9.47 Å². The summed E-state index contributed by atoms with van der Waals surface area (Å²) in [6, 6.07) is 4.15. The van der Waals surface area contributed by atoms with Crippen molar-refractivity contribution in [2.75, 3.05) is 19.7 Å². The zero-order valence-corrected chi connectivity index (χ0v) is 15.5. The Bertz CT molecular complexity index is 683. The van der Waals surface area contributed by atoms with Crippen molar-refractivity contribution in [2.45, 2.75) is 51.0 Å². The van der Waals surface area contributed by atoms with E-state index in [1.165, 1.54) is 5.56 Å². The van der Waals surface area contributed by atoms with Gasteiger partial charge in [-0.05, 0) is 31.4 Å². The Hall–Kier alpha value is -1.34. The molecule has 0 N–H and O–H groups in total. The third-order valence-corrected chi connectivity index (χ3v) is 6.03. The zero-order valence-electron chi connectivity index (χ0n) is 14.7. The lowest BCUT2D eigenvalue weighted by molar-refractivity contribution is -0.0468. The SMILES string of the molecule is Cc1nc(COC2COC3(CCN(Cc4cccnc4)CC3)C2)cs1. The molecule has 2 fully saturated rings. The van der Waals surface area contributed by atoms with Crippen LogP contribution in [0.2, 0.25) is 0 Å². The second-order valence-corrected chi connectivity index (χ2v) is 8.19. The maximum absolute atomic E-state index is 6.20. The van der Waals surface area contributed by atoms with Crippen LogP contribution in [0.3, 0.4) is 0 Å². The molecular formula is C19H25N3O2S. The smallest absolute Gasteiger partial charge is 0.0901 e. The fourth-order valence-corrected chi connectivity index (χ4v) is 4.40. The topological polar surface area (TPSA) is 47.5 Å². The maximum atomic E-state index is 6.20. The summed E-state index contributed by atoms with van der Waals surface area (Å²) in [5.41, 5.74) is 2.34. The fraction of sp³-hybridized carbons (Fsp3) is 0.579. The average molecular weight is 359 g/mol. The molecule has 2 aromatic rings. The first-order valence-corrected chi connectivity index (χ1v) is 9.87. The van der Waals surface area contributed by atoms with Crippen LogP contribution in [0.1, 0.15) is 35.5 Å². The molecule has 5 nitrogen and oxygen atoms in total. The van der Waals surface area contributed by atoms with Gasteiger partial charge in [-0.3, -0.25) is 9.88 Å². The highest BCUT2D eigenvalue weighted by Gasteiger charge is 2.43. The molecular weight excluding hydrogens is 334 g/mol. The Labute approximate surface area is 153 Å². The van der Waals surface area contributed by atoms with Crippen molar-refractivity contribution >= 4 is 11.3 Å². The van der Waals surface area contributed by atoms with Crippen LogP contribution in [0.5, 0.6) is 0 Å². The van der Waals surface area contributed by atoms with Gasteiger partial charge in [-0.2, -0.15) is 0 Å². The van der Waals surface area contributed by atoms with Gasteiger partial charge in [0, 0.05) is 43.8 Å². The molecule has 4 heterocycles. The van der Waals surface area contributed by atoms with Crippen molar-refractivity contribution in [3.63, 3.8) is 0 Å². The van der Waals surface area contributed by atoms with Crippen molar-refractivity contribution < 1.29 is 9.47 Å². The van der Waals surface area contributed by atoms with Crippen LogP contribution in [-0.4, -0.2) is 46.3 Å². The average Bonchev–Trinajstić information content (AvgIpc) is 3.23. The van der Waals surface area contributed by atoms with E-state index in [1.807, 2.05) is 25.4 Å². The first-order chi connectivity index (χ1) is 12.2. The summed E-state index contributed by atoms with van der Waals surface area (Å²) in [4.78, 5) is 11.2. The van der Waals surface area contributed by atoms with Crippen molar-refractivity contribution in [3.05, 3.63) is 46.2 Å². The fourth-order valence-electron chi connectivity index (χ4n) is 3.80. The predicted octanol–water partition coefficient (Wildman–Crippen LogP) is 3.19. The van der Waals surface area contributed by atoms with Gasteiger partial charge in [-0.15, -0.1) is 11.3 Å². The molecule has 1 spiro atoms. The van der Waals surface area contributed by atoms with Gasteiger partial charge in [0.25, 0.3) is 0 Å². The monoisotopic (exact) mass is 359 g/mol. The predicted molar refractivity (Wildman–Crippen MR) is 97.5 cm³/mol. The molecule has 134 valence electrons. The van der Waals surface area contributed by atoms with E-state index in [-0.39, 0.29) is 11.7 Å². The van der Waals surface area contributed by atoms with E-state index in [2.05, 4.69) is 26.3 Å². The molecule has 0 saturated carbocycles. The van der Waals surface area contributed by atoms with Crippen molar-refractivity contribution in [2.24, 2.45) is 0 Å².